The zero-order valence-corrected chi connectivity index (χ0v) is 12.2. The van der Waals surface area contributed by atoms with Crippen LogP contribution in [-0.2, 0) is 0 Å². The van der Waals surface area contributed by atoms with Crippen molar-refractivity contribution in [2.45, 2.75) is 18.9 Å². The molecule has 0 saturated carbocycles. The molecule has 2 aliphatic rings. The third-order valence-corrected chi connectivity index (χ3v) is 5.00. The monoisotopic (exact) mass is 286 g/mol. The second-order valence-electron chi connectivity index (χ2n) is 6.28. The van der Waals surface area contributed by atoms with Crippen LogP contribution in [0.3, 0.4) is 0 Å². The summed E-state index contributed by atoms with van der Waals surface area (Å²) in [6, 6.07) is 8.75. The highest BCUT2D eigenvalue weighted by Crippen LogP contribution is 2.30. The molecule has 1 aromatic heterocycles. The summed E-state index contributed by atoms with van der Waals surface area (Å²) in [5.74, 6) is 1.69. The first-order chi connectivity index (χ1) is 10.3. The molecule has 0 bridgehead atoms. The van der Waals surface area contributed by atoms with Gasteiger partial charge in [-0.3, -0.25) is 4.90 Å². The molecule has 2 N–H and O–H groups in total. The van der Waals surface area contributed by atoms with Crippen molar-refractivity contribution >= 4 is 16.8 Å². The SMILES string of the molecule is NC[C@H]1CC[C@H]2CN(c3noc4ccccc34)CCN2C1. The minimum Gasteiger partial charge on any atom is -0.354 e. The number of fused-ring (bicyclic) bond motifs is 2. The first-order valence-electron chi connectivity index (χ1n) is 7.88. The number of hydrogen-bond acceptors (Lipinski definition) is 5. The Balaban J connectivity index is 1.54. The predicted octanol–water partition coefficient (Wildman–Crippen LogP) is 1.69. The summed E-state index contributed by atoms with van der Waals surface area (Å²) in [5, 5.41) is 5.43. The molecule has 5 nitrogen and oxygen atoms in total. The van der Waals surface area contributed by atoms with E-state index in [-0.39, 0.29) is 0 Å². The molecule has 112 valence electrons. The molecule has 2 aromatic rings. The first kappa shape index (κ1) is 13.1. The fourth-order valence-electron chi connectivity index (χ4n) is 3.74. The van der Waals surface area contributed by atoms with Crippen LogP contribution in [0.2, 0.25) is 0 Å². The lowest BCUT2D eigenvalue weighted by Gasteiger charge is -2.46. The van der Waals surface area contributed by atoms with E-state index in [9.17, 15) is 0 Å². The van der Waals surface area contributed by atoms with E-state index in [2.05, 4.69) is 21.0 Å². The normalized spacial score (nSPS) is 27.0. The quantitative estimate of drug-likeness (QED) is 0.910. The van der Waals surface area contributed by atoms with Gasteiger partial charge in [0.15, 0.2) is 11.4 Å². The number of rotatable bonds is 2. The number of benzene rings is 1. The number of para-hydroxylation sites is 1. The lowest BCUT2D eigenvalue weighted by Crippen LogP contribution is -2.57. The number of piperazine rings is 1. The Morgan fingerprint density at radius 1 is 1.19 bits per heavy atom. The van der Waals surface area contributed by atoms with Crippen LogP contribution in [0.5, 0.6) is 0 Å². The van der Waals surface area contributed by atoms with Crippen LogP contribution >= 0.6 is 0 Å². The highest BCUT2D eigenvalue weighted by molar-refractivity contribution is 5.88. The molecule has 21 heavy (non-hydrogen) atoms. The zero-order valence-electron chi connectivity index (χ0n) is 12.2. The zero-order chi connectivity index (χ0) is 14.2. The number of anilines is 1. The summed E-state index contributed by atoms with van der Waals surface area (Å²) in [7, 11) is 0. The molecule has 4 rings (SSSR count). The van der Waals surface area contributed by atoms with E-state index in [0.29, 0.717) is 12.0 Å². The first-order valence-corrected chi connectivity index (χ1v) is 7.88. The Labute approximate surface area is 124 Å². The van der Waals surface area contributed by atoms with E-state index in [1.54, 1.807) is 0 Å². The van der Waals surface area contributed by atoms with Crippen LogP contribution in [0.4, 0.5) is 5.82 Å². The van der Waals surface area contributed by atoms with E-state index in [1.165, 1.54) is 12.8 Å². The maximum absolute atomic E-state index is 5.83. The van der Waals surface area contributed by atoms with E-state index < -0.39 is 0 Å². The molecule has 0 radical (unpaired) electrons. The fourth-order valence-corrected chi connectivity index (χ4v) is 3.74. The third-order valence-electron chi connectivity index (χ3n) is 5.00. The Kier molecular flexibility index (Phi) is 3.31. The molecule has 2 atom stereocenters. The summed E-state index contributed by atoms with van der Waals surface area (Å²) in [6.45, 7) is 5.15. The van der Waals surface area contributed by atoms with Gasteiger partial charge in [-0.25, -0.2) is 0 Å². The van der Waals surface area contributed by atoms with Crippen molar-refractivity contribution in [3.05, 3.63) is 24.3 Å². The molecule has 0 aliphatic carbocycles. The number of nitrogens with two attached hydrogens (primary N) is 1. The van der Waals surface area contributed by atoms with Crippen LogP contribution in [0.25, 0.3) is 11.0 Å². The van der Waals surface area contributed by atoms with Crippen molar-refractivity contribution in [3.63, 3.8) is 0 Å². The molecule has 2 aliphatic heterocycles. The van der Waals surface area contributed by atoms with Gasteiger partial charge < -0.3 is 15.2 Å². The van der Waals surface area contributed by atoms with Crippen LogP contribution in [0.15, 0.2) is 28.8 Å². The van der Waals surface area contributed by atoms with E-state index in [1.807, 2.05) is 18.2 Å². The summed E-state index contributed by atoms with van der Waals surface area (Å²) >= 11 is 0. The maximum atomic E-state index is 5.83. The van der Waals surface area contributed by atoms with Crippen molar-refractivity contribution in [1.82, 2.24) is 10.1 Å². The Morgan fingerprint density at radius 2 is 2.10 bits per heavy atom. The van der Waals surface area contributed by atoms with Crippen LogP contribution in [0.1, 0.15) is 12.8 Å². The minimum atomic E-state index is 0.636. The molecule has 3 heterocycles. The molecule has 0 amide bonds. The Morgan fingerprint density at radius 3 is 3.00 bits per heavy atom. The minimum absolute atomic E-state index is 0.636. The van der Waals surface area contributed by atoms with E-state index in [0.717, 1.165) is 49.5 Å². The molecule has 2 fully saturated rings. The molecular weight excluding hydrogens is 264 g/mol. The highest BCUT2D eigenvalue weighted by Gasteiger charge is 2.33. The largest absolute Gasteiger partial charge is 0.354 e. The summed E-state index contributed by atoms with van der Waals surface area (Å²) in [4.78, 5) is 5.00. The van der Waals surface area contributed by atoms with E-state index in [4.69, 9.17) is 10.3 Å². The topological polar surface area (TPSA) is 58.5 Å². The Hall–Kier alpha value is -1.59. The average Bonchev–Trinajstić information content (AvgIpc) is 2.98. The molecule has 0 unspecified atom stereocenters. The standard InChI is InChI=1S/C16H22N4O/c17-9-12-5-6-13-11-20(8-7-19(13)10-12)16-14-3-1-2-4-15(14)21-18-16/h1-4,12-13H,5-11,17H2/t12-,13+/m1/s1. The lowest BCUT2D eigenvalue weighted by atomic mass is 9.91. The second-order valence-corrected chi connectivity index (χ2v) is 6.28. The highest BCUT2D eigenvalue weighted by atomic mass is 16.5. The molecule has 1 aromatic carbocycles. The van der Waals surface area contributed by atoms with Gasteiger partial charge in [0, 0.05) is 32.2 Å². The van der Waals surface area contributed by atoms with Crippen molar-refractivity contribution in [2.75, 3.05) is 37.6 Å². The third kappa shape index (κ3) is 2.30. The van der Waals surface area contributed by atoms with Gasteiger partial charge in [-0.15, -0.1) is 0 Å². The van der Waals surface area contributed by atoms with Crippen molar-refractivity contribution in [3.8, 4) is 0 Å². The smallest absolute Gasteiger partial charge is 0.180 e. The molecule has 5 heteroatoms. The summed E-state index contributed by atoms with van der Waals surface area (Å²) in [6.07, 6.45) is 2.50. The van der Waals surface area contributed by atoms with Gasteiger partial charge in [-0.2, -0.15) is 0 Å². The molecule has 2 saturated heterocycles. The second kappa shape index (κ2) is 5.31. The van der Waals surface area contributed by atoms with Gasteiger partial charge in [0.2, 0.25) is 0 Å². The van der Waals surface area contributed by atoms with Crippen molar-refractivity contribution in [2.24, 2.45) is 11.7 Å². The maximum Gasteiger partial charge on any atom is 0.180 e. The molecular formula is C16H22N4O. The van der Waals surface area contributed by atoms with Gasteiger partial charge >= 0.3 is 0 Å². The molecule has 0 spiro atoms. The van der Waals surface area contributed by atoms with Crippen LogP contribution in [0, 0.1) is 5.92 Å². The summed E-state index contributed by atoms with van der Waals surface area (Å²) < 4.78 is 5.45. The fraction of sp³-hybridized carbons (Fsp3) is 0.562. The van der Waals surface area contributed by atoms with Gasteiger partial charge in [-0.1, -0.05) is 17.3 Å². The summed E-state index contributed by atoms with van der Waals surface area (Å²) in [5.41, 5.74) is 6.71. The van der Waals surface area contributed by atoms with Crippen LogP contribution in [-0.4, -0.2) is 48.8 Å². The number of piperidine rings is 1. The van der Waals surface area contributed by atoms with E-state index >= 15 is 0 Å². The van der Waals surface area contributed by atoms with Gasteiger partial charge in [0.25, 0.3) is 0 Å². The van der Waals surface area contributed by atoms with Crippen molar-refractivity contribution < 1.29 is 4.52 Å². The number of nitrogens with zero attached hydrogens (tertiary/aromatic N) is 3. The van der Waals surface area contributed by atoms with Gasteiger partial charge in [0.05, 0.1) is 5.39 Å². The predicted molar refractivity (Wildman–Crippen MR) is 83.4 cm³/mol. The Bertz CT molecular complexity index is 626. The lowest BCUT2D eigenvalue weighted by molar-refractivity contribution is 0.0981. The average molecular weight is 286 g/mol. The van der Waals surface area contributed by atoms with Gasteiger partial charge in [0.1, 0.15) is 0 Å². The number of aromatic nitrogens is 1. The van der Waals surface area contributed by atoms with Gasteiger partial charge in [-0.05, 0) is 37.4 Å². The number of hydrogen-bond donors (Lipinski definition) is 1. The van der Waals surface area contributed by atoms with Crippen molar-refractivity contribution in [1.29, 1.82) is 0 Å². The van der Waals surface area contributed by atoms with Crippen LogP contribution < -0.4 is 10.6 Å².